The van der Waals surface area contributed by atoms with Crippen LogP contribution in [0.5, 0.6) is 0 Å². The lowest BCUT2D eigenvalue weighted by atomic mass is 9.98. The Bertz CT molecular complexity index is 644. The molecule has 2 aromatic heterocycles. The number of carbonyl (C=O) groups excluding carboxylic acids is 1. The van der Waals surface area contributed by atoms with E-state index in [2.05, 4.69) is 10.00 Å². The highest BCUT2D eigenvalue weighted by Gasteiger charge is 2.26. The van der Waals surface area contributed by atoms with Gasteiger partial charge in [-0.05, 0) is 32.6 Å². The molecule has 1 fully saturated rings. The molecule has 0 aliphatic carbocycles. The maximum Gasteiger partial charge on any atom is 0.305 e. The van der Waals surface area contributed by atoms with Gasteiger partial charge in [-0.25, -0.2) is 9.67 Å². The summed E-state index contributed by atoms with van der Waals surface area (Å²) in [6, 6.07) is 0.377. The number of hydrogen-bond acceptors (Lipinski definition) is 6. The highest BCUT2D eigenvalue weighted by Crippen LogP contribution is 2.35. The second kappa shape index (κ2) is 6.24. The summed E-state index contributed by atoms with van der Waals surface area (Å²) in [7, 11) is 3.38. The third-order valence-electron chi connectivity index (χ3n) is 4.32. The normalized spacial score (nSPS) is 18.9. The minimum absolute atomic E-state index is 0.130. The zero-order valence-electron chi connectivity index (χ0n) is 13.3. The van der Waals surface area contributed by atoms with Crippen molar-refractivity contribution in [2.45, 2.75) is 45.1 Å². The van der Waals surface area contributed by atoms with Crippen molar-refractivity contribution in [3.8, 4) is 0 Å². The van der Waals surface area contributed by atoms with E-state index in [0.29, 0.717) is 12.5 Å². The first-order chi connectivity index (χ1) is 10.6. The van der Waals surface area contributed by atoms with Crippen LogP contribution in [0.25, 0.3) is 10.3 Å². The summed E-state index contributed by atoms with van der Waals surface area (Å²) in [5.74, 6) is -0.130. The van der Waals surface area contributed by atoms with Crippen molar-refractivity contribution < 1.29 is 9.53 Å². The molecule has 1 atom stereocenters. The molecular formula is C15H22N4O2S. The Hall–Kier alpha value is -1.63. The lowest BCUT2D eigenvalue weighted by Crippen LogP contribution is -2.39. The third-order valence-corrected chi connectivity index (χ3v) is 5.51. The number of methoxy groups -OCH3 is 1. The van der Waals surface area contributed by atoms with Crippen molar-refractivity contribution in [1.29, 1.82) is 0 Å². The average Bonchev–Trinajstić information content (AvgIpc) is 3.07. The standard InChI is InChI=1S/C15H22N4O2S/c1-10-13-14(18(2)17-10)16-15(22-13)19-9-5-4-6-11(19)7-8-12(20)21-3/h11H,4-9H2,1-3H3/t11-/m1/s1. The zero-order valence-corrected chi connectivity index (χ0v) is 14.2. The summed E-state index contributed by atoms with van der Waals surface area (Å²) < 4.78 is 7.77. The van der Waals surface area contributed by atoms with E-state index < -0.39 is 0 Å². The van der Waals surface area contributed by atoms with E-state index in [4.69, 9.17) is 9.72 Å². The van der Waals surface area contributed by atoms with Crippen LogP contribution in [0.1, 0.15) is 37.8 Å². The number of aromatic nitrogens is 3. The molecule has 3 heterocycles. The first-order valence-corrected chi connectivity index (χ1v) is 8.55. The van der Waals surface area contributed by atoms with Gasteiger partial charge >= 0.3 is 5.97 Å². The molecule has 0 spiro atoms. The number of fused-ring (bicyclic) bond motifs is 1. The Morgan fingerprint density at radius 2 is 2.27 bits per heavy atom. The fourth-order valence-corrected chi connectivity index (χ4v) is 4.27. The number of piperidine rings is 1. The quantitative estimate of drug-likeness (QED) is 0.810. The summed E-state index contributed by atoms with van der Waals surface area (Å²) in [4.78, 5) is 18.6. The Balaban J connectivity index is 1.82. The fraction of sp³-hybridized carbons (Fsp3) is 0.667. The minimum atomic E-state index is -0.130. The summed E-state index contributed by atoms with van der Waals surface area (Å²) in [6.45, 7) is 3.04. The molecule has 7 heteroatoms. The van der Waals surface area contributed by atoms with Gasteiger partial charge in [-0.1, -0.05) is 11.3 Å². The molecule has 22 heavy (non-hydrogen) atoms. The summed E-state index contributed by atoms with van der Waals surface area (Å²) >= 11 is 1.71. The maximum absolute atomic E-state index is 11.4. The summed E-state index contributed by atoms with van der Waals surface area (Å²) in [6.07, 6.45) is 4.82. The Labute approximate surface area is 134 Å². The third kappa shape index (κ3) is 2.82. The van der Waals surface area contributed by atoms with Gasteiger partial charge in [-0.2, -0.15) is 5.10 Å². The second-order valence-electron chi connectivity index (χ2n) is 5.82. The minimum Gasteiger partial charge on any atom is -0.469 e. The van der Waals surface area contributed by atoms with Crippen LogP contribution in [-0.2, 0) is 16.6 Å². The summed E-state index contributed by atoms with van der Waals surface area (Å²) in [5.41, 5.74) is 1.99. The average molecular weight is 322 g/mol. The van der Waals surface area contributed by atoms with Gasteiger partial charge in [0.15, 0.2) is 10.8 Å². The topological polar surface area (TPSA) is 60.2 Å². The van der Waals surface area contributed by atoms with Crippen molar-refractivity contribution in [2.75, 3.05) is 18.6 Å². The number of carbonyl (C=O) groups is 1. The lowest BCUT2D eigenvalue weighted by molar-refractivity contribution is -0.140. The molecule has 1 aliphatic rings. The zero-order chi connectivity index (χ0) is 15.7. The first-order valence-electron chi connectivity index (χ1n) is 7.73. The monoisotopic (exact) mass is 322 g/mol. The molecule has 2 aromatic rings. The van der Waals surface area contributed by atoms with Crippen LogP contribution in [0, 0.1) is 6.92 Å². The van der Waals surface area contributed by atoms with Crippen LogP contribution in [0.15, 0.2) is 0 Å². The van der Waals surface area contributed by atoms with Crippen molar-refractivity contribution >= 4 is 32.8 Å². The first kappa shape index (κ1) is 15.3. The molecule has 1 saturated heterocycles. The number of ether oxygens (including phenoxy) is 1. The van der Waals surface area contributed by atoms with Gasteiger partial charge in [-0.15, -0.1) is 0 Å². The Morgan fingerprint density at radius 1 is 1.45 bits per heavy atom. The van der Waals surface area contributed by atoms with Crippen LogP contribution in [0.4, 0.5) is 5.13 Å². The van der Waals surface area contributed by atoms with Gasteiger partial charge in [-0.3, -0.25) is 4.79 Å². The number of nitrogens with zero attached hydrogens (tertiary/aromatic N) is 4. The molecule has 0 radical (unpaired) electrons. The lowest BCUT2D eigenvalue weighted by Gasteiger charge is -2.35. The highest BCUT2D eigenvalue weighted by atomic mass is 32.1. The predicted octanol–water partition coefficient (Wildman–Crippen LogP) is 2.65. The fourth-order valence-electron chi connectivity index (χ4n) is 3.14. The molecule has 0 amide bonds. The van der Waals surface area contributed by atoms with E-state index in [1.54, 1.807) is 11.3 Å². The summed E-state index contributed by atoms with van der Waals surface area (Å²) in [5, 5.41) is 5.47. The van der Waals surface area contributed by atoms with E-state index in [1.807, 2.05) is 18.7 Å². The van der Waals surface area contributed by atoms with E-state index in [-0.39, 0.29) is 5.97 Å². The number of aryl methyl sites for hydroxylation is 2. The van der Waals surface area contributed by atoms with Crippen molar-refractivity contribution in [2.24, 2.45) is 7.05 Å². The highest BCUT2D eigenvalue weighted by molar-refractivity contribution is 7.22. The van der Waals surface area contributed by atoms with Gasteiger partial charge in [0.2, 0.25) is 0 Å². The molecule has 0 unspecified atom stereocenters. The number of anilines is 1. The predicted molar refractivity (Wildman–Crippen MR) is 87.4 cm³/mol. The van der Waals surface area contributed by atoms with E-state index in [0.717, 1.165) is 40.6 Å². The molecule has 0 bridgehead atoms. The van der Waals surface area contributed by atoms with Crippen LogP contribution < -0.4 is 4.90 Å². The van der Waals surface area contributed by atoms with Crippen LogP contribution in [-0.4, -0.2) is 40.4 Å². The van der Waals surface area contributed by atoms with E-state index >= 15 is 0 Å². The molecule has 120 valence electrons. The number of esters is 1. The van der Waals surface area contributed by atoms with Gasteiger partial charge in [0.1, 0.15) is 0 Å². The van der Waals surface area contributed by atoms with E-state index in [9.17, 15) is 4.79 Å². The number of hydrogen-bond donors (Lipinski definition) is 0. The van der Waals surface area contributed by atoms with Crippen LogP contribution in [0.3, 0.4) is 0 Å². The van der Waals surface area contributed by atoms with Crippen molar-refractivity contribution in [3.63, 3.8) is 0 Å². The molecule has 0 N–H and O–H groups in total. The molecule has 1 aliphatic heterocycles. The Morgan fingerprint density at radius 3 is 3.00 bits per heavy atom. The number of rotatable bonds is 4. The van der Waals surface area contributed by atoms with Crippen molar-refractivity contribution in [1.82, 2.24) is 14.8 Å². The number of thiazole rings is 1. The van der Waals surface area contributed by atoms with Gasteiger partial charge in [0.25, 0.3) is 0 Å². The largest absolute Gasteiger partial charge is 0.469 e. The second-order valence-corrected chi connectivity index (χ2v) is 6.79. The smallest absolute Gasteiger partial charge is 0.305 e. The van der Waals surface area contributed by atoms with Crippen LogP contribution >= 0.6 is 11.3 Å². The van der Waals surface area contributed by atoms with Crippen molar-refractivity contribution in [3.05, 3.63) is 5.69 Å². The molecule has 0 saturated carbocycles. The van der Waals surface area contributed by atoms with Gasteiger partial charge in [0.05, 0.1) is 17.5 Å². The molecule has 6 nitrogen and oxygen atoms in total. The molecular weight excluding hydrogens is 300 g/mol. The Kier molecular flexibility index (Phi) is 4.33. The SMILES string of the molecule is COC(=O)CC[C@H]1CCCCN1c1nc2c(s1)c(C)nn2C. The van der Waals surface area contributed by atoms with Gasteiger partial charge in [0, 0.05) is 26.1 Å². The van der Waals surface area contributed by atoms with E-state index in [1.165, 1.54) is 20.0 Å². The molecule has 0 aromatic carbocycles. The molecule has 3 rings (SSSR count). The van der Waals surface area contributed by atoms with Gasteiger partial charge < -0.3 is 9.64 Å². The van der Waals surface area contributed by atoms with Crippen LogP contribution in [0.2, 0.25) is 0 Å². The maximum atomic E-state index is 11.4.